The van der Waals surface area contributed by atoms with Crippen LogP contribution in [0.5, 0.6) is 0 Å². The Morgan fingerprint density at radius 1 is 1.28 bits per heavy atom. The predicted octanol–water partition coefficient (Wildman–Crippen LogP) is 3.52. The summed E-state index contributed by atoms with van der Waals surface area (Å²) in [6.45, 7) is 6.01. The summed E-state index contributed by atoms with van der Waals surface area (Å²) in [6.07, 6.45) is 0.560. The molecular formula is C19H21N3O3. The molecule has 1 amide bonds. The number of amides is 1. The topological polar surface area (TPSA) is 88.0 Å². The van der Waals surface area contributed by atoms with E-state index in [2.05, 4.69) is 35.4 Å². The average Bonchev–Trinajstić information content (AvgIpc) is 2.97. The van der Waals surface area contributed by atoms with Crippen molar-refractivity contribution in [2.75, 3.05) is 5.32 Å². The Labute approximate surface area is 145 Å². The summed E-state index contributed by atoms with van der Waals surface area (Å²) in [6, 6.07) is 9.55. The lowest BCUT2D eigenvalue weighted by atomic mass is 10.00. The van der Waals surface area contributed by atoms with E-state index in [-0.39, 0.29) is 17.9 Å². The van der Waals surface area contributed by atoms with Crippen LogP contribution in [0.4, 0.5) is 5.82 Å². The van der Waals surface area contributed by atoms with E-state index >= 15 is 0 Å². The zero-order chi connectivity index (χ0) is 18.0. The Hall–Kier alpha value is -2.89. The molecule has 3 rings (SSSR count). The summed E-state index contributed by atoms with van der Waals surface area (Å²) in [5, 5.41) is 7.36. The Morgan fingerprint density at radius 3 is 2.76 bits per heavy atom. The highest BCUT2D eigenvalue weighted by atomic mass is 16.5. The fourth-order valence-electron chi connectivity index (χ4n) is 2.69. The molecule has 2 aromatic heterocycles. The van der Waals surface area contributed by atoms with E-state index in [9.17, 15) is 9.59 Å². The number of nitrogens with one attached hydrogen (secondary N) is 2. The standard InChI is InChI=1S/C19H21N3O3/c1-11(2)13-4-6-16-15(9-13)10-14(19(24)20-16)5-7-18(23)21-17-8-12(3)25-22-17/h4,6,8-11H,5,7H2,1-3H3,(H,20,24)(H,21,22,23). The predicted molar refractivity (Wildman–Crippen MR) is 96.8 cm³/mol. The molecule has 0 radical (unpaired) electrons. The number of aromatic amines is 1. The average molecular weight is 339 g/mol. The number of H-pyrrole nitrogens is 1. The van der Waals surface area contributed by atoms with Crippen molar-refractivity contribution in [3.8, 4) is 0 Å². The number of anilines is 1. The Bertz CT molecular complexity index is 969. The van der Waals surface area contributed by atoms with Crippen LogP contribution in [0.1, 0.15) is 43.1 Å². The molecule has 6 heteroatoms. The van der Waals surface area contributed by atoms with E-state index in [0.29, 0.717) is 29.5 Å². The molecule has 130 valence electrons. The molecule has 0 bridgehead atoms. The highest BCUT2D eigenvalue weighted by molar-refractivity contribution is 5.90. The minimum atomic E-state index is -0.205. The van der Waals surface area contributed by atoms with Crippen LogP contribution >= 0.6 is 0 Å². The van der Waals surface area contributed by atoms with Crippen molar-refractivity contribution < 1.29 is 9.32 Å². The molecule has 1 aromatic carbocycles. The third-order valence-corrected chi connectivity index (χ3v) is 4.13. The fourth-order valence-corrected chi connectivity index (χ4v) is 2.69. The van der Waals surface area contributed by atoms with Crippen molar-refractivity contribution in [3.05, 3.63) is 57.6 Å². The molecule has 25 heavy (non-hydrogen) atoms. The molecule has 0 unspecified atom stereocenters. The van der Waals surface area contributed by atoms with Crippen LogP contribution in [0.25, 0.3) is 10.9 Å². The summed E-state index contributed by atoms with van der Waals surface area (Å²) in [5.74, 6) is 1.22. The van der Waals surface area contributed by atoms with Gasteiger partial charge in [-0.2, -0.15) is 0 Å². The second-order valence-corrected chi connectivity index (χ2v) is 6.50. The van der Waals surface area contributed by atoms with E-state index in [4.69, 9.17) is 4.52 Å². The second-order valence-electron chi connectivity index (χ2n) is 6.50. The number of aromatic nitrogens is 2. The molecule has 0 fully saturated rings. The minimum absolute atomic E-state index is 0.158. The number of benzene rings is 1. The van der Waals surface area contributed by atoms with Gasteiger partial charge in [0.1, 0.15) is 5.76 Å². The van der Waals surface area contributed by atoms with Gasteiger partial charge in [-0.25, -0.2) is 0 Å². The van der Waals surface area contributed by atoms with Gasteiger partial charge in [-0.1, -0.05) is 25.1 Å². The van der Waals surface area contributed by atoms with Crippen LogP contribution in [-0.2, 0) is 11.2 Å². The highest BCUT2D eigenvalue weighted by Gasteiger charge is 2.10. The summed E-state index contributed by atoms with van der Waals surface area (Å²) in [4.78, 5) is 27.1. The maximum atomic E-state index is 12.2. The van der Waals surface area contributed by atoms with Crippen LogP contribution in [0.15, 0.2) is 39.6 Å². The first-order valence-electron chi connectivity index (χ1n) is 8.31. The van der Waals surface area contributed by atoms with E-state index < -0.39 is 0 Å². The molecule has 6 nitrogen and oxygen atoms in total. The van der Waals surface area contributed by atoms with Gasteiger partial charge < -0.3 is 14.8 Å². The minimum Gasteiger partial charge on any atom is -0.360 e. The molecule has 3 aromatic rings. The van der Waals surface area contributed by atoms with Crippen molar-refractivity contribution in [2.24, 2.45) is 0 Å². The zero-order valence-electron chi connectivity index (χ0n) is 14.6. The van der Waals surface area contributed by atoms with Gasteiger partial charge in [-0.3, -0.25) is 9.59 Å². The van der Waals surface area contributed by atoms with Gasteiger partial charge in [0.2, 0.25) is 5.91 Å². The van der Waals surface area contributed by atoms with Gasteiger partial charge in [0.25, 0.3) is 5.56 Å². The lowest BCUT2D eigenvalue weighted by molar-refractivity contribution is -0.116. The number of hydrogen-bond acceptors (Lipinski definition) is 4. The molecule has 0 saturated carbocycles. The number of fused-ring (bicyclic) bond motifs is 1. The SMILES string of the molecule is Cc1cc(NC(=O)CCc2cc3cc(C(C)C)ccc3[nH]c2=O)no1. The third kappa shape index (κ3) is 3.96. The summed E-state index contributed by atoms with van der Waals surface area (Å²) >= 11 is 0. The van der Waals surface area contributed by atoms with Gasteiger partial charge in [0, 0.05) is 23.6 Å². The maximum absolute atomic E-state index is 12.2. The van der Waals surface area contributed by atoms with Crippen molar-refractivity contribution in [1.29, 1.82) is 0 Å². The lowest BCUT2D eigenvalue weighted by Gasteiger charge is -2.08. The number of hydrogen-bond donors (Lipinski definition) is 2. The Morgan fingerprint density at radius 2 is 2.08 bits per heavy atom. The molecule has 0 aliphatic rings. The molecule has 2 heterocycles. The second kappa shape index (κ2) is 6.93. The number of pyridine rings is 1. The van der Waals surface area contributed by atoms with Crippen molar-refractivity contribution >= 4 is 22.6 Å². The van der Waals surface area contributed by atoms with Crippen LogP contribution in [0.3, 0.4) is 0 Å². The summed E-state index contributed by atoms with van der Waals surface area (Å²) < 4.78 is 4.91. The van der Waals surface area contributed by atoms with Crippen LogP contribution < -0.4 is 10.9 Å². The van der Waals surface area contributed by atoms with Crippen molar-refractivity contribution in [3.63, 3.8) is 0 Å². The summed E-state index contributed by atoms with van der Waals surface area (Å²) in [7, 11) is 0. The van der Waals surface area contributed by atoms with E-state index in [1.807, 2.05) is 18.2 Å². The largest absolute Gasteiger partial charge is 0.360 e. The number of carbonyl (C=O) groups excluding carboxylic acids is 1. The van der Waals surface area contributed by atoms with E-state index in [0.717, 1.165) is 10.9 Å². The van der Waals surface area contributed by atoms with Crippen molar-refractivity contribution in [1.82, 2.24) is 10.1 Å². The Kier molecular flexibility index (Phi) is 4.70. The van der Waals surface area contributed by atoms with Gasteiger partial charge in [-0.05, 0) is 48.4 Å². The van der Waals surface area contributed by atoms with E-state index in [1.165, 1.54) is 5.56 Å². The van der Waals surface area contributed by atoms with Crippen molar-refractivity contribution in [2.45, 2.75) is 39.5 Å². The maximum Gasteiger partial charge on any atom is 0.251 e. The number of carbonyl (C=O) groups is 1. The van der Waals surface area contributed by atoms with Gasteiger partial charge >= 0.3 is 0 Å². The monoisotopic (exact) mass is 339 g/mol. The van der Waals surface area contributed by atoms with Crippen LogP contribution in [-0.4, -0.2) is 16.0 Å². The van der Waals surface area contributed by atoms with Crippen LogP contribution in [0, 0.1) is 6.92 Å². The molecule has 2 N–H and O–H groups in total. The van der Waals surface area contributed by atoms with Gasteiger partial charge in [-0.15, -0.1) is 0 Å². The smallest absolute Gasteiger partial charge is 0.251 e. The van der Waals surface area contributed by atoms with E-state index in [1.54, 1.807) is 13.0 Å². The van der Waals surface area contributed by atoms with Gasteiger partial charge in [0.05, 0.1) is 0 Å². The number of rotatable bonds is 5. The first kappa shape index (κ1) is 17.0. The van der Waals surface area contributed by atoms with Crippen LogP contribution in [0.2, 0.25) is 0 Å². The first-order chi connectivity index (χ1) is 11.9. The number of aryl methyl sites for hydroxylation is 2. The molecule has 0 atom stereocenters. The molecule has 0 spiro atoms. The number of nitrogens with zero attached hydrogens (tertiary/aromatic N) is 1. The zero-order valence-corrected chi connectivity index (χ0v) is 14.6. The molecule has 0 aliphatic heterocycles. The Balaban J connectivity index is 1.75. The highest BCUT2D eigenvalue weighted by Crippen LogP contribution is 2.20. The molecule has 0 aliphatic carbocycles. The fraction of sp³-hybridized carbons (Fsp3) is 0.316. The molecular weight excluding hydrogens is 318 g/mol. The lowest BCUT2D eigenvalue weighted by Crippen LogP contribution is -2.17. The first-order valence-corrected chi connectivity index (χ1v) is 8.31. The third-order valence-electron chi connectivity index (χ3n) is 4.13. The van der Waals surface area contributed by atoms with Gasteiger partial charge in [0.15, 0.2) is 5.82 Å². The summed E-state index contributed by atoms with van der Waals surface area (Å²) in [5.41, 5.74) is 2.46. The molecule has 0 saturated heterocycles. The normalized spacial score (nSPS) is 11.2. The quantitative estimate of drug-likeness (QED) is 0.744.